The third-order valence-corrected chi connectivity index (χ3v) is 1.94. The topological polar surface area (TPSA) is 20.3 Å². The second-order valence-electron chi connectivity index (χ2n) is 2.55. The molecule has 1 rings (SSSR count). The summed E-state index contributed by atoms with van der Waals surface area (Å²) in [6.45, 7) is 1.52. The number of halogens is 1. The average Bonchev–Trinajstić information content (AvgIpc) is 2.04. The van der Waals surface area contributed by atoms with Crippen LogP contribution >= 0.6 is 11.6 Å². The summed E-state index contributed by atoms with van der Waals surface area (Å²) >= 11 is 5.69. The number of nitrogens with zero attached hydrogens (tertiary/aromatic N) is 1. The molecule has 0 saturated heterocycles. The van der Waals surface area contributed by atoms with Crippen molar-refractivity contribution in [2.75, 3.05) is 11.9 Å². The molecule has 1 aromatic rings. The van der Waals surface area contributed by atoms with E-state index in [1.54, 1.807) is 24.1 Å². The van der Waals surface area contributed by atoms with Crippen LogP contribution in [0.1, 0.15) is 6.92 Å². The van der Waals surface area contributed by atoms with Gasteiger partial charge in [0.05, 0.1) is 0 Å². The molecule has 2 nitrogen and oxygen atoms in total. The monoisotopic (exact) mass is 183 g/mol. The van der Waals surface area contributed by atoms with Crippen molar-refractivity contribution in [3.63, 3.8) is 0 Å². The predicted octanol–water partition coefficient (Wildman–Crippen LogP) is 2.32. The summed E-state index contributed by atoms with van der Waals surface area (Å²) < 4.78 is 0. The summed E-state index contributed by atoms with van der Waals surface area (Å²) in [6, 6.07) is 7.14. The van der Waals surface area contributed by atoms with Crippen LogP contribution < -0.4 is 4.90 Å². The number of carbonyl (C=O) groups excluding carboxylic acids is 1. The molecule has 1 amide bonds. The fourth-order valence-electron chi connectivity index (χ4n) is 0.847. The van der Waals surface area contributed by atoms with Crippen molar-refractivity contribution in [3.05, 3.63) is 29.3 Å². The Morgan fingerprint density at radius 2 is 1.83 bits per heavy atom. The van der Waals surface area contributed by atoms with Gasteiger partial charge < -0.3 is 4.90 Å². The van der Waals surface area contributed by atoms with Gasteiger partial charge in [-0.05, 0) is 24.3 Å². The van der Waals surface area contributed by atoms with Gasteiger partial charge in [0.1, 0.15) is 0 Å². The summed E-state index contributed by atoms with van der Waals surface area (Å²) in [7, 11) is 1.73. The van der Waals surface area contributed by atoms with Gasteiger partial charge in [-0.3, -0.25) is 4.79 Å². The van der Waals surface area contributed by atoms with Crippen LogP contribution in [0.3, 0.4) is 0 Å². The highest BCUT2D eigenvalue weighted by Gasteiger charge is 2.03. The summed E-state index contributed by atoms with van der Waals surface area (Å²) in [5.41, 5.74) is 0.854. The average molecular weight is 184 g/mol. The van der Waals surface area contributed by atoms with Crippen LogP contribution in [0.15, 0.2) is 24.3 Å². The molecule has 0 spiro atoms. The van der Waals surface area contributed by atoms with Gasteiger partial charge in [-0.2, -0.15) is 0 Å². The maximum absolute atomic E-state index is 10.9. The van der Waals surface area contributed by atoms with Crippen molar-refractivity contribution in [2.45, 2.75) is 6.92 Å². The Kier molecular flexibility index (Phi) is 2.71. The fourth-order valence-corrected chi connectivity index (χ4v) is 0.972. The molecule has 0 atom stereocenters. The van der Waals surface area contributed by atoms with Crippen LogP contribution in [-0.4, -0.2) is 13.0 Å². The Labute approximate surface area is 76.8 Å². The van der Waals surface area contributed by atoms with Crippen LogP contribution in [0.5, 0.6) is 0 Å². The van der Waals surface area contributed by atoms with E-state index in [2.05, 4.69) is 0 Å². The minimum Gasteiger partial charge on any atom is -0.316 e. The molecule has 12 heavy (non-hydrogen) atoms. The second-order valence-corrected chi connectivity index (χ2v) is 2.99. The van der Waals surface area contributed by atoms with E-state index >= 15 is 0 Å². The SMILES string of the molecule is CC(=O)N(C)c1ccc(Cl)cc1. The number of amides is 1. The standard InChI is InChI=1S/C9H10ClNO/c1-7(12)11(2)9-5-3-8(10)4-6-9/h3-6H,1-2H3. The summed E-state index contributed by atoms with van der Waals surface area (Å²) in [6.07, 6.45) is 0. The van der Waals surface area contributed by atoms with E-state index in [4.69, 9.17) is 11.6 Å². The highest BCUT2D eigenvalue weighted by atomic mass is 35.5. The lowest BCUT2D eigenvalue weighted by Gasteiger charge is -2.14. The van der Waals surface area contributed by atoms with Crippen LogP contribution in [-0.2, 0) is 4.79 Å². The third-order valence-electron chi connectivity index (χ3n) is 1.69. The molecular formula is C9H10ClNO. The minimum atomic E-state index is 0.0114. The number of hydrogen-bond donors (Lipinski definition) is 0. The molecule has 0 aliphatic rings. The lowest BCUT2D eigenvalue weighted by Crippen LogP contribution is -2.22. The molecule has 0 aromatic heterocycles. The number of carbonyl (C=O) groups is 1. The Morgan fingerprint density at radius 3 is 2.25 bits per heavy atom. The first-order valence-electron chi connectivity index (χ1n) is 3.61. The first-order chi connectivity index (χ1) is 5.61. The second kappa shape index (κ2) is 3.59. The minimum absolute atomic E-state index is 0.0114. The molecule has 0 bridgehead atoms. The molecule has 0 aliphatic carbocycles. The van der Waals surface area contributed by atoms with Crippen LogP contribution in [0, 0.1) is 0 Å². The smallest absolute Gasteiger partial charge is 0.223 e. The molecule has 1 aromatic carbocycles. The van der Waals surface area contributed by atoms with Gasteiger partial charge in [0.15, 0.2) is 0 Å². The molecule has 3 heteroatoms. The number of benzene rings is 1. The highest BCUT2D eigenvalue weighted by molar-refractivity contribution is 6.30. The van der Waals surface area contributed by atoms with Gasteiger partial charge in [-0.25, -0.2) is 0 Å². The van der Waals surface area contributed by atoms with E-state index in [1.807, 2.05) is 12.1 Å². The molecule has 0 radical (unpaired) electrons. The molecule has 0 unspecified atom stereocenters. The number of anilines is 1. The van der Waals surface area contributed by atoms with Gasteiger partial charge in [-0.15, -0.1) is 0 Å². The van der Waals surface area contributed by atoms with E-state index < -0.39 is 0 Å². The molecule has 64 valence electrons. The number of rotatable bonds is 1. The summed E-state index contributed by atoms with van der Waals surface area (Å²) in [5.74, 6) is 0.0114. The Balaban J connectivity index is 2.89. The molecule has 0 saturated carbocycles. The van der Waals surface area contributed by atoms with E-state index in [0.717, 1.165) is 5.69 Å². The Bertz CT molecular complexity index is 281. The van der Waals surface area contributed by atoms with E-state index in [0.29, 0.717) is 5.02 Å². The lowest BCUT2D eigenvalue weighted by molar-refractivity contribution is -0.116. The third kappa shape index (κ3) is 1.98. The maximum atomic E-state index is 10.9. The normalized spacial score (nSPS) is 9.58. The Morgan fingerprint density at radius 1 is 1.33 bits per heavy atom. The van der Waals surface area contributed by atoms with Gasteiger partial charge >= 0.3 is 0 Å². The van der Waals surface area contributed by atoms with Gasteiger partial charge in [0.25, 0.3) is 0 Å². The Hall–Kier alpha value is -1.02. The highest BCUT2D eigenvalue weighted by Crippen LogP contribution is 2.16. The van der Waals surface area contributed by atoms with Crippen molar-refractivity contribution in [3.8, 4) is 0 Å². The molecule has 0 aliphatic heterocycles. The zero-order chi connectivity index (χ0) is 9.14. The lowest BCUT2D eigenvalue weighted by atomic mass is 10.3. The first-order valence-corrected chi connectivity index (χ1v) is 3.99. The number of hydrogen-bond acceptors (Lipinski definition) is 1. The first kappa shape index (κ1) is 9.07. The van der Waals surface area contributed by atoms with Gasteiger partial charge in [0.2, 0.25) is 5.91 Å². The van der Waals surface area contributed by atoms with Gasteiger partial charge in [0, 0.05) is 24.7 Å². The maximum Gasteiger partial charge on any atom is 0.223 e. The van der Waals surface area contributed by atoms with Crippen molar-refractivity contribution >= 4 is 23.2 Å². The van der Waals surface area contributed by atoms with E-state index in [1.165, 1.54) is 6.92 Å². The van der Waals surface area contributed by atoms with Crippen LogP contribution in [0.4, 0.5) is 5.69 Å². The summed E-state index contributed by atoms with van der Waals surface area (Å²) in [4.78, 5) is 12.5. The molecule has 0 fully saturated rings. The van der Waals surface area contributed by atoms with Gasteiger partial charge in [-0.1, -0.05) is 11.6 Å². The molecular weight excluding hydrogens is 174 g/mol. The quantitative estimate of drug-likeness (QED) is 0.655. The van der Waals surface area contributed by atoms with Crippen molar-refractivity contribution in [1.82, 2.24) is 0 Å². The largest absolute Gasteiger partial charge is 0.316 e. The van der Waals surface area contributed by atoms with Crippen molar-refractivity contribution in [2.24, 2.45) is 0 Å². The van der Waals surface area contributed by atoms with Crippen molar-refractivity contribution in [1.29, 1.82) is 0 Å². The van der Waals surface area contributed by atoms with Crippen molar-refractivity contribution < 1.29 is 4.79 Å². The molecule has 0 heterocycles. The molecule has 0 N–H and O–H groups in total. The fraction of sp³-hybridized carbons (Fsp3) is 0.222. The van der Waals surface area contributed by atoms with Crippen LogP contribution in [0.25, 0.3) is 0 Å². The summed E-state index contributed by atoms with van der Waals surface area (Å²) in [5, 5.41) is 0.677. The zero-order valence-electron chi connectivity index (χ0n) is 7.04. The predicted molar refractivity (Wildman–Crippen MR) is 50.5 cm³/mol. The van der Waals surface area contributed by atoms with E-state index in [9.17, 15) is 4.79 Å². The van der Waals surface area contributed by atoms with E-state index in [-0.39, 0.29) is 5.91 Å². The van der Waals surface area contributed by atoms with Crippen LogP contribution in [0.2, 0.25) is 5.02 Å². The zero-order valence-corrected chi connectivity index (χ0v) is 7.80.